The fourth-order valence-corrected chi connectivity index (χ4v) is 4.98. The van der Waals surface area contributed by atoms with Crippen molar-refractivity contribution in [1.29, 1.82) is 0 Å². The Bertz CT molecular complexity index is 1500. The molecule has 4 aromatic rings. The standard InChI is InChI=1S/C28H36FN7O3/c1-7-38-27-19-8-9-24-21-10-20(23(29)11-25(21)32-31-24)22-12-30-34(6)28(22)39-18(5)13-35(16(2)3)14-26(19)36(33-27)17(4)15-37/h8-12,16-18,37H,7,13-15H2,1-6H3,(H,31,32)/b9-8+/t17-,18+/m0/s1. The van der Waals surface area contributed by atoms with Gasteiger partial charge in [0.2, 0.25) is 11.8 Å². The molecule has 39 heavy (non-hydrogen) atoms. The summed E-state index contributed by atoms with van der Waals surface area (Å²) in [6.45, 7) is 11.6. The minimum atomic E-state index is -0.388. The average Bonchev–Trinajstić information content (AvgIpc) is 3.56. The average molecular weight is 538 g/mol. The van der Waals surface area contributed by atoms with E-state index >= 15 is 4.39 Å². The van der Waals surface area contributed by atoms with Crippen LogP contribution in [0.5, 0.6) is 11.8 Å². The van der Waals surface area contributed by atoms with E-state index in [1.807, 2.05) is 37.6 Å². The molecular weight excluding hydrogens is 501 g/mol. The fourth-order valence-electron chi connectivity index (χ4n) is 4.98. The zero-order chi connectivity index (χ0) is 27.8. The van der Waals surface area contributed by atoms with Crippen LogP contribution >= 0.6 is 0 Å². The van der Waals surface area contributed by atoms with Gasteiger partial charge >= 0.3 is 0 Å². The number of aromatic amines is 1. The smallest absolute Gasteiger partial charge is 0.240 e. The lowest BCUT2D eigenvalue weighted by atomic mass is 10.0. The molecule has 10 nitrogen and oxygen atoms in total. The molecule has 0 saturated heterocycles. The summed E-state index contributed by atoms with van der Waals surface area (Å²) in [6, 6.07) is 3.16. The topological polar surface area (TPSA) is 106 Å². The Morgan fingerprint density at radius 3 is 2.74 bits per heavy atom. The third kappa shape index (κ3) is 5.04. The first-order valence-electron chi connectivity index (χ1n) is 13.4. The molecule has 0 radical (unpaired) electrons. The first-order chi connectivity index (χ1) is 18.7. The number of hydrogen-bond donors (Lipinski definition) is 2. The van der Waals surface area contributed by atoms with Crippen molar-refractivity contribution in [3.8, 4) is 22.9 Å². The van der Waals surface area contributed by atoms with E-state index in [2.05, 4.69) is 34.0 Å². The Morgan fingerprint density at radius 2 is 2.03 bits per heavy atom. The highest BCUT2D eigenvalue weighted by molar-refractivity contribution is 5.93. The number of hydrogen-bond acceptors (Lipinski definition) is 7. The van der Waals surface area contributed by atoms with Gasteiger partial charge in [0, 0.05) is 43.2 Å². The molecule has 0 spiro atoms. The van der Waals surface area contributed by atoms with Gasteiger partial charge in [-0.15, -0.1) is 5.10 Å². The van der Waals surface area contributed by atoms with E-state index in [4.69, 9.17) is 14.6 Å². The Labute approximate surface area is 227 Å². The van der Waals surface area contributed by atoms with Crippen molar-refractivity contribution < 1.29 is 19.0 Å². The fraction of sp³-hybridized carbons (Fsp3) is 0.464. The molecule has 0 fully saturated rings. The summed E-state index contributed by atoms with van der Waals surface area (Å²) in [4.78, 5) is 2.29. The number of halogens is 1. The Morgan fingerprint density at radius 1 is 1.23 bits per heavy atom. The predicted molar refractivity (Wildman–Crippen MR) is 148 cm³/mol. The third-order valence-electron chi connectivity index (χ3n) is 7.13. The highest BCUT2D eigenvalue weighted by Gasteiger charge is 2.26. The van der Waals surface area contributed by atoms with Gasteiger partial charge in [0.25, 0.3) is 0 Å². The van der Waals surface area contributed by atoms with Crippen LogP contribution in [0.15, 0.2) is 18.3 Å². The van der Waals surface area contributed by atoms with Crippen LogP contribution in [-0.4, -0.2) is 71.7 Å². The molecule has 1 aliphatic rings. The lowest BCUT2D eigenvalue weighted by Crippen LogP contribution is -2.39. The van der Waals surface area contributed by atoms with Crippen LogP contribution < -0.4 is 9.47 Å². The first kappa shape index (κ1) is 26.9. The number of aryl methyl sites for hydroxylation is 1. The Balaban J connectivity index is 1.75. The molecule has 4 heterocycles. The predicted octanol–water partition coefficient (Wildman–Crippen LogP) is 4.41. The van der Waals surface area contributed by atoms with E-state index in [-0.39, 0.29) is 30.6 Å². The second-order valence-electron chi connectivity index (χ2n) is 10.3. The van der Waals surface area contributed by atoms with Gasteiger partial charge < -0.3 is 14.6 Å². The van der Waals surface area contributed by atoms with Crippen LogP contribution in [0.1, 0.15) is 57.6 Å². The highest BCUT2D eigenvalue weighted by atomic mass is 19.1. The third-order valence-corrected chi connectivity index (χ3v) is 7.13. The van der Waals surface area contributed by atoms with Gasteiger partial charge in [-0.05, 0) is 52.8 Å². The summed E-state index contributed by atoms with van der Waals surface area (Å²) >= 11 is 0. The number of nitrogens with zero attached hydrogens (tertiary/aromatic N) is 6. The number of benzene rings is 1. The van der Waals surface area contributed by atoms with Gasteiger partial charge in [0.15, 0.2) is 0 Å². The van der Waals surface area contributed by atoms with Crippen LogP contribution in [0, 0.1) is 5.82 Å². The van der Waals surface area contributed by atoms with E-state index < -0.39 is 0 Å². The molecule has 0 aliphatic carbocycles. The van der Waals surface area contributed by atoms with Crippen molar-refractivity contribution in [2.45, 2.75) is 59.4 Å². The van der Waals surface area contributed by atoms with E-state index in [9.17, 15) is 5.11 Å². The van der Waals surface area contributed by atoms with Crippen molar-refractivity contribution in [3.63, 3.8) is 0 Å². The molecule has 208 valence electrons. The number of aromatic nitrogens is 6. The van der Waals surface area contributed by atoms with Gasteiger partial charge in [-0.2, -0.15) is 10.2 Å². The number of nitrogens with one attached hydrogen (secondary N) is 1. The molecular formula is C28H36FN7O3. The van der Waals surface area contributed by atoms with Crippen molar-refractivity contribution in [2.75, 3.05) is 19.8 Å². The molecule has 1 aliphatic heterocycles. The van der Waals surface area contributed by atoms with E-state index in [1.165, 1.54) is 6.07 Å². The molecule has 5 rings (SSSR count). The molecule has 2 bridgehead atoms. The molecule has 3 aromatic heterocycles. The maximum Gasteiger partial charge on any atom is 0.240 e. The minimum Gasteiger partial charge on any atom is -0.476 e. The molecule has 2 atom stereocenters. The van der Waals surface area contributed by atoms with Crippen LogP contribution in [-0.2, 0) is 13.6 Å². The van der Waals surface area contributed by atoms with E-state index in [0.717, 1.165) is 16.6 Å². The maximum absolute atomic E-state index is 15.4. The zero-order valence-corrected chi connectivity index (χ0v) is 23.3. The number of aliphatic hydroxyl groups excluding tert-OH is 1. The summed E-state index contributed by atoms with van der Waals surface area (Å²) in [5, 5.41) is 27.3. The van der Waals surface area contributed by atoms with Gasteiger partial charge in [0.1, 0.15) is 11.9 Å². The summed E-state index contributed by atoms with van der Waals surface area (Å²) in [5.74, 6) is 0.602. The highest BCUT2D eigenvalue weighted by Crippen LogP contribution is 2.36. The quantitative estimate of drug-likeness (QED) is 0.388. The number of ether oxygens (including phenoxy) is 2. The first-order valence-corrected chi connectivity index (χ1v) is 13.4. The molecule has 0 saturated carbocycles. The minimum absolute atomic E-state index is 0.0633. The second-order valence-corrected chi connectivity index (χ2v) is 10.3. The summed E-state index contributed by atoms with van der Waals surface area (Å²) in [6.07, 6.45) is 5.23. The number of rotatable bonds is 5. The number of H-pyrrole nitrogens is 1. The molecule has 2 N–H and O–H groups in total. The second kappa shape index (κ2) is 10.8. The van der Waals surface area contributed by atoms with Crippen LogP contribution in [0.4, 0.5) is 4.39 Å². The lowest BCUT2D eigenvalue weighted by Gasteiger charge is -2.30. The van der Waals surface area contributed by atoms with Crippen molar-refractivity contribution in [2.24, 2.45) is 7.05 Å². The van der Waals surface area contributed by atoms with Crippen LogP contribution in [0.25, 0.3) is 34.2 Å². The largest absolute Gasteiger partial charge is 0.476 e. The van der Waals surface area contributed by atoms with Gasteiger partial charge in [-0.25, -0.2) is 9.07 Å². The summed E-state index contributed by atoms with van der Waals surface area (Å²) < 4.78 is 31.2. The molecule has 0 unspecified atom stereocenters. The van der Waals surface area contributed by atoms with Gasteiger partial charge in [0.05, 0.1) is 53.5 Å². The molecule has 11 heteroatoms. The van der Waals surface area contributed by atoms with Crippen molar-refractivity contribution in [1.82, 2.24) is 34.7 Å². The van der Waals surface area contributed by atoms with Crippen LogP contribution in [0.3, 0.4) is 0 Å². The summed E-state index contributed by atoms with van der Waals surface area (Å²) in [7, 11) is 1.79. The lowest BCUT2D eigenvalue weighted by molar-refractivity contribution is 0.108. The van der Waals surface area contributed by atoms with Crippen LogP contribution in [0.2, 0.25) is 0 Å². The SMILES string of the molecule is CCOc1nn([C@@H](C)CO)c2c1/C=C/c1n[nH]c3cc(F)c(cc13)-c1cnn(C)c1O[C@H](C)CN(C(C)C)C2. The van der Waals surface area contributed by atoms with Crippen molar-refractivity contribution >= 4 is 23.1 Å². The monoisotopic (exact) mass is 537 g/mol. The Kier molecular flexibility index (Phi) is 7.46. The number of aliphatic hydroxyl groups is 1. The van der Waals surface area contributed by atoms with E-state index in [1.54, 1.807) is 24.0 Å². The zero-order valence-electron chi connectivity index (χ0n) is 23.3. The number of fused-ring (bicyclic) bond motifs is 4. The van der Waals surface area contributed by atoms with Gasteiger partial charge in [-0.3, -0.25) is 14.7 Å². The summed E-state index contributed by atoms with van der Waals surface area (Å²) in [5.41, 5.74) is 3.95. The molecule has 0 amide bonds. The maximum atomic E-state index is 15.4. The molecule has 1 aromatic carbocycles. The van der Waals surface area contributed by atoms with Crippen molar-refractivity contribution in [3.05, 3.63) is 41.1 Å². The Hall–Kier alpha value is -3.70. The normalized spacial score (nSPS) is 17.9. The van der Waals surface area contributed by atoms with Gasteiger partial charge in [-0.1, -0.05) is 0 Å². The van der Waals surface area contributed by atoms with E-state index in [0.29, 0.717) is 53.8 Å².